The Kier molecular flexibility index (Phi) is 3.40. The van der Waals surface area contributed by atoms with Crippen LogP contribution in [-0.4, -0.2) is 34.4 Å². The molecule has 0 aliphatic carbocycles. The van der Waals surface area contributed by atoms with Crippen molar-refractivity contribution in [3.63, 3.8) is 0 Å². The van der Waals surface area contributed by atoms with Crippen molar-refractivity contribution in [1.29, 1.82) is 0 Å². The number of carbonyl (C=O) groups excluding carboxylic acids is 1. The summed E-state index contributed by atoms with van der Waals surface area (Å²) in [7, 11) is 1.73. The Bertz CT molecular complexity index is 290. The molecule has 78 valence electrons. The van der Waals surface area contributed by atoms with Crippen LogP contribution in [0.5, 0.6) is 0 Å². The zero-order chi connectivity index (χ0) is 10.7. The summed E-state index contributed by atoms with van der Waals surface area (Å²) < 4.78 is 0. The molecule has 0 bridgehead atoms. The van der Waals surface area contributed by atoms with Crippen LogP contribution >= 0.6 is 11.8 Å². The van der Waals surface area contributed by atoms with E-state index < -0.39 is 5.97 Å². The molecule has 6 heteroatoms. The number of carboxylic acid groups (broad SMARTS) is 1. The van der Waals surface area contributed by atoms with E-state index in [1.165, 1.54) is 6.20 Å². The van der Waals surface area contributed by atoms with Gasteiger partial charge in [0.25, 0.3) is 0 Å². The number of nitrogens with zero attached hydrogens (tertiary/aromatic N) is 1. The van der Waals surface area contributed by atoms with Gasteiger partial charge in [-0.05, 0) is 0 Å². The molecule has 2 N–H and O–H groups in total. The van der Waals surface area contributed by atoms with E-state index in [1.807, 2.05) is 0 Å². The number of thioether (sulfide) groups is 1. The maximum atomic E-state index is 11.1. The highest BCUT2D eigenvalue weighted by Crippen LogP contribution is 2.29. The van der Waals surface area contributed by atoms with Crippen LogP contribution in [0.4, 0.5) is 0 Å². The SMILES string of the molecule is CCC(=O)NC1SC(C(=O)O)=CN1C. The molecule has 0 fully saturated rings. The van der Waals surface area contributed by atoms with Crippen LogP contribution < -0.4 is 5.32 Å². The standard InChI is InChI=1S/C8H12N2O3S/c1-3-6(11)9-8-10(2)4-5(14-8)7(12)13/h4,8H,3H2,1-2H3,(H,9,11)(H,12,13). The second-order valence-electron chi connectivity index (χ2n) is 2.86. The minimum Gasteiger partial charge on any atom is -0.477 e. The van der Waals surface area contributed by atoms with Crippen molar-refractivity contribution in [3.8, 4) is 0 Å². The largest absolute Gasteiger partial charge is 0.477 e. The second kappa shape index (κ2) is 4.36. The molecule has 0 saturated heterocycles. The fourth-order valence-corrected chi connectivity index (χ4v) is 1.95. The van der Waals surface area contributed by atoms with Gasteiger partial charge in [-0.15, -0.1) is 0 Å². The molecule has 0 aromatic heterocycles. The Morgan fingerprint density at radius 1 is 1.71 bits per heavy atom. The van der Waals surface area contributed by atoms with E-state index in [4.69, 9.17) is 5.11 Å². The Morgan fingerprint density at radius 3 is 2.79 bits per heavy atom. The smallest absolute Gasteiger partial charge is 0.343 e. The summed E-state index contributed by atoms with van der Waals surface area (Å²) in [5, 5.41) is 11.4. The van der Waals surface area contributed by atoms with E-state index in [1.54, 1.807) is 18.9 Å². The lowest BCUT2D eigenvalue weighted by molar-refractivity contribution is -0.131. The molecule has 1 aliphatic rings. The molecule has 1 rings (SSSR count). The van der Waals surface area contributed by atoms with Gasteiger partial charge in [-0.3, -0.25) is 4.79 Å². The number of carbonyl (C=O) groups is 2. The Hall–Kier alpha value is -1.17. The number of carboxylic acids is 1. The number of aliphatic carboxylic acids is 1. The van der Waals surface area contributed by atoms with E-state index in [2.05, 4.69) is 5.32 Å². The molecular formula is C8H12N2O3S. The number of hydrogen-bond donors (Lipinski definition) is 2. The maximum absolute atomic E-state index is 11.1. The van der Waals surface area contributed by atoms with Crippen LogP contribution in [-0.2, 0) is 9.59 Å². The normalized spacial score (nSPS) is 20.6. The fourth-order valence-electron chi connectivity index (χ4n) is 0.963. The molecule has 1 amide bonds. The summed E-state index contributed by atoms with van der Waals surface area (Å²) in [6.07, 6.45) is 1.90. The highest BCUT2D eigenvalue weighted by molar-refractivity contribution is 8.04. The van der Waals surface area contributed by atoms with Gasteiger partial charge in [0.2, 0.25) is 5.91 Å². The van der Waals surface area contributed by atoms with E-state index in [-0.39, 0.29) is 16.3 Å². The summed E-state index contributed by atoms with van der Waals surface area (Å²) in [6.45, 7) is 1.75. The second-order valence-corrected chi connectivity index (χ2v) is 3.98. The lowest BCUT2D eigenvalue weighted by Gasteiger charge is -2.20. The molecule has 0 spiro atoms. The summed E-state index contributed by atoms with van der Waals surface area (Å²) in [6, 6.07) is 0. The van der Waals surface area contributed by atoms with Gasteiger partial charge in [-0.25, -0.2) is 4.79 Å². The predicted molar refractivity (Wildman–Crippen MR) is 53.3 cm³/mol. The van der Waals surface area contributed by atoms with Gasteiger partial charge in [0, 0.05) is 19.7 Å². The van der Waals surface area contributed by atoms with Crippen molar-refractivity contribution in [2.45, 2.75) is 18.8 Å². The van der Waals surface area contributed by atoms with Gasteiger partial charge in [0.05, 0.1) is 0 Å². The van der Waals surface area contributed by atoms with Crippen molar-refractivity contribution in [3.05, 3.63) is 11.1 Å². The molecule has 1 unspecified atom stereocenters. The summed E-state index contributed by atoms with van der Waals surface area (Å²) in [4.78, 5) is 23.6. The molecule has 1 atom stereocenters. The van der Waals surface area contributed by atoms with Gasteiger partial charge in [-0.2, -0.15) is 0 Å². The zero-order valence-corrected chi connectivity index (χ0v) is 8.80. The van der Waals surface area contributed by atoms with Crippen LogP contribution in [0.25, 0.3) is 0 Å². The number of amides is 1. The minimum absolute atomic E-state index is 0.0885. The Labute approximate surface area is 86.1 Å². The Morgan fingerprint density at radius 2 is 2.36 bits per heavy atom. The first-order valence-electron chi connectivity index (χ1n) is 4.17. The zero-order valence-electron chi connectivity index (χ0n) is 7.98. The van der Waals surface area contributed by atoms with Gasteiger partial charge < -0.3 is 15.3 Å². The van der Waals surface area contributed by atoms with Gasteiger partial charge in [0.1, 0.15) is 4.91 Å². The van der Waals surface area contributed by atoms with E-state index in [0.29, 0.717) is 6.42 Å². The number of rotatable bonds is 3. The molecule has 0 aromatic rings. The molecule has 1 aliphatic heterocycles. The highest BCUT2D eigenvalue weighted by atomic mass is 32.2. The van der Waals surface area contributed by atoms with Crippen LogP contribution in [0.3, 0.4) is 0 Å². The first kappa shape index (κ1) is 10.9. The Balaban J connectivity index is 2.54. The van der Waals surface area contributed by atoms with E-state index in [0.717, 1.165) is 11.8 Å². The average Bonchev–Trinajstić information content (AvgIpc) is 2.48. The first-order chi connectivity index (χ1) is 6.54. The quantitative estimate of drug-likeness (QED) is 0.714. The average molecular weight is 216 g/mol. The van der Waals surface area contributed by atoms with Gasteiger partial charge in [0.15, 0.2) is 5.50 Å². The van der Waals surface area contributed by atoms with Gasteiger partial charge in [-0.1, -0.05) is 18.7 Å². The lowest BCUT2D eigenvalue weighted by Crippen LogP contribution is -2.39. The molecule has 0 aromatic carbocycles. The van der Waals surface area contributed by atoms with Crippen molar-refractivity contribution in [2.24, 2.45) is 0 Å². The predicted octanol–water partition coefficient (Wildman–Crippen LogP) is 0.401. The third-order valence-electron chi connectivity index (χ3n) is 1.75. The lowest BCUT2D eigenvalue weighted by atomic mass is 10.4. The van der Waals surface area contributed by atoms with Gasteiger partial charge >= 0.3 is 5.97 Å². The van der Waals surface area contributed by atoms with Crippen LogP contribution in [0.2, 0.25) is 0 Å². The topological polar surface area (TPSA) is 69.6 Å². The molecule has 14 heavy (non-hydrogen) atoms. The molecule has 5 nitrogen and oxygen atoms in total. The maximum Gasteiger partial charge on any atom is 0.343 e. The summed E-state index contributed by atoms with van der Waals surface area (Å²) >= 11 is 1.13. The monoisotopic (exact) mass is 216 g/mol. The van der Waals surface area contributed by atoms with Crippen molar-refractivity contribution < 1.29 is 14.7 Å². The molecular weight excluding hydrogens is 204 g/mol. The number of hydrogen-bond acceptors (Lipinski definition) is 4. The highest BCUT2D eigenvalue weighted by Gasteiger charge is 2.27. The molecule has 0 radical (unpaired) electrons. The van der Waals surface area contributed by atoms with E-state index >= 15 is 0 Å². The summed E-state index contributed by atoms with van der Waals surface area (Å²) in [5.74, 6) is -1.05. The van der Waals surface area contributed by atoms with Crippen LogP contribution in [0, 0.1) is 0 Å². The molecule has 0 saturated carbocycles. The van der Waals surface area contributed by atoms with Crippen LogP contribution in [0.1, 0.15) is 13.3 Å². The fraction of sp³-hybridized carbons (Fsp3) is 0.500. The molecule has 1 heterocycles. The first-order valence-corrected chi connectivity index (χ1v) is 5.05. The van der Waals surface area contributed by atoms with Crippen molar-refractivity contribution >= 4 is 23.6 Å². The minimum atomic E-state index is -0.963. The van der Waals surface area contributed by atoms with Crippen molar-refractivity contribution in [1.82, 2.24) is 10.2 Å². The van der Waals surface area contributed by atoms with E-state index in [9.17, 15) is 9.59 Å². The van der Waals surface area contributed by atoms with Crippen molar-refractivity contribution in [2.75, 3.05) is 7.05 Å². The summed E-state index contributed by atoms with van der Waals surface area (Å²) in [5.41, 5.74) is -0.298. The third kappa shape index (κ3) is 2.41. The third-order valence-corrected chi connectivity index (χ3v) is 2.95. The van der Waals surface area contributed by atoms with Crippen LogP contribution in [0.15, 0.2) is 11.1 Å². The number of nitrogens with one attached hydrogen (secondary N) is 1.